The molecule has 5 rings (SSSR count). The summed E-state index contributed by atoms with van der Waals surface area (Å²) in [4.78, 5) is 12.7. The number of hydrogen-bond acceptors (Lipinski definition) is 8. The van der Waals surface area contributed by atoms with E-state index in [9.17, 15) is 13.2 Å². The van der Waals surface area contributed by atoms with Crippen molar-refractivity contribution in [3.63, 3.8) is 0 Å². The van der Waals surface area contributed by atoms with E-state index in [0.717, 1.165) is 17.7 Å². The van der Waals surface area contributed by atoms with E-state index in [-0.39, 0.29) is 16.6 Å². The topological polar surface area (TPSA) is 118 Å². The number of hydrogen-bond donors (Lipinski definition) is 1. The van der Waals surface area contributed by atoms with E-state index in [1.165, 1.54) is 31.4 Å². The maximum atomic E-state index is 12.7. The minimum Gasteiger partial charge on any atom is -0.497 e. The molecule has 0 spiro atoms. The van der Waals surface area contributed by atoms with Crippen molar-refractivity contribution >= 4 is 15.9 Å². The fraction of sp³-hybridized carbons (Fsp3) is 0.214. The standard InChI is InChI=1S/C28H27N3O7S/c1-35-22-8-10-24(11-9-22)39(33,34)30-28(32)19-3-6-21(7-4-19)31-25(13-15-29-31)20-5-12-26(36-2)27(17-20)38-23-14-16-37-18-23/h3-13,15,17,23H,14,16,18H2,1-2H3,(H,30,32)/t23-/m1/s1. The molecule has 1 atom stereocenters. The third kappa shape index (κ3) is 5.74. The number of nitrogens with zero attached hydrogens (tertiary/aromatic N) is 2. The molecule has 39 heavy (non-hydrogen) atoms. The molecule has 1 amide bonds. The van der Waals surface area contributed by atoms with E-state index >= 15 is 0 Å². The summed E-state index contributed by atoms with van der Waals surface area (Å²) in [6.45, 7) is 1.20. The van der Waals surface area contributed by atoms with E-state index in [1.807, 2.05) is 24.3 Å². The Kier molecular flexibility index (Phi) is 7.53. The Balaban J connectivity index is 1.35. The van der Waals surface area contributed by atoms with E-state index in [2.05, 4.69) is 9.82 Å². The Labute approximate surface area is 226 Å². The van der Waals surface area contributed by atoms with Crippen LogP contribution in [0.4, 0.5) is 0 Å². The fourth-order valence-electron chi connectivity index (χ4n) is 4.19. The molecule has 0 unspecified atom stereocenters. The van der Waals surface area contributed by atoms with Crippen LogP contribution in [-0.4, -0.2) is 57.6 Å². The third-order valence-corrected chi connectivity index (χ3v) is 7.60. The predicted molar refractivity (Wildman–Crippen MR) is 143 cm³/mol. The SMILES string of the molecule is COc1ccc(S(=O)(=O)NC(=O)c2ccc(-n3nccc3-c3ccc(OC)c(O[C@@H]4CCOC4)c3)cc2)cc1. The number of sulfonamides is 1. The van der Waals surface area contributed by atoms with Crippen molar-refractivity contribution in [2.75, 3.05) is 27.4 Å². The maximum Gasteiger partial charge on any atom is 0.264 e. The quantitative estimate of drug-likeness (QED) is 0.335. The summed E-state index contributed by atoms with van der Waals surface area (Å²) in [5.74, 6) is 1.00. The van der Waals surface area contributed by atoms with Crippen LogP contribution in [0, 0.1) is 0 Å². The molecule has 0 saturated carbocycles. The summed E-state index contributed by atoms with van der Waals surface area (Å²) >= 11 is 0. The monoisotopic (exact) mass is 549 g/mol. The van der Waals surface area contributed by atoms with Gasteiger partial charge in [0.05, 0.1) is 49.9 Å². The van der Waals surface area contributed by atoms with Crippen molar-refractivity contribution < 1.29 is 32.2 Å². The van der Waals surface area contributed by atoms with Crippen molar-refractivity contribution in [2.45, 2.75) is 17.4 Å². The normalized spacial score (nSPS) is 15.1. The van der Waals surface area contributed by atoms with Gasteiger partial charge in [0.15, 0.2) is 11.5 Å². The molecule has 1 fully saturated rings. The number of amides is 1. The highest BCUT2D eigenvalue weighted by Gasteiger charge is 2.21. The van der Waals surface area contributed by atoms with Gasteiger partial charge in [-0.05, 0) is 72.8 Å². The maximum absolute atomic E-state index is 12.7. The molecule has 1 aromatic heterocycles. The second kappa shape index (κ2) is 11.2. The van der Waals surface area contributed by atoms with E-state index in [0.29, 0.717) is 36.1 Å². The Bertz CT molecular complexity index is 1560. The molecule has 2 heterocycles. The summed E-state index contributed by atoms with van der Waals surface area (Å²) in [7, 11) is -0.973. The molecular formula is C28H27N3O7S. The minimum absolute atomic E-state index is 0.0358. The smallest absolute Gasteiger partial charge is 0.264 e. The van der Waals surface area contributed by atoms with Crippen LogP contribution in [-0.2, 0) is 14.8 Å². The number of benzene rings is 3. The van der Waals surface area contributed by atoms with Crippen LogP contribution < -0.4 is 18.9 Å². The third-order valence-electron chi connectivity index (χ3n) is 6.25. The van der Waals surface area contributed by atoms with Gasteiger partial charge in [0.1, 0.15) is 11.9 Å². The van der Waals surface area contributed by atoms with Crippen LogP contribution in [0.1, 0.15) is 16.8 Å². The number of carbonyl (C=O) groups excluding carboxylic acids is 1. The highest BCUT2D eigenvalue weighted by molar-refractivity contribution is 7.90. The molecule has 0 aliphatic carbocycles. The van der Waals surface area contributed by atoms with Crippen molar-refractivity contribution in [3.8, 4) is 34.2 Å². The molecule has 3 aromatic carbocycles. The Morgan fingerprint density at radius 2 is 1.74 bits per heavy atom. The number of rotatable bonds is 9. The van der Waals surface area contributed by atoms with Crippen LogP contribution in [0.15, 0.2) is 83.9 Å². The van der Waals surface area contributed by atoms with Gasteiger partial charge in [-0.2, -0.15) is 5.10 Å². The molecule has 1 N–H and O–H groups in total. The number of ether oxygens (including phenoxy) is 4. The number of nitrogens with one attached hydrogen (secondary N) is 1. The van der Waals surface area contributed by atoms with Gasteiger partial charge in [0.2, 0.25) is 0 Å². The number of methoxy groups -OCH3 is 2. The van der Waals surface area contributed by atoms with Crippen LogP contribution in [0.3, 0.4) is 0 Å². The molecule has 0 bridgehead atoms. The summed E-state index contributed by atoms with van der Waals surface area (Å²) in [6.07, 6.45) is 2.45. The second-order valence-electron chi connectivity index (χ2n) is 8.75. The molecule has 0 radical (unpaired) electrons. The van der Waals surface area contributed by atoms with Crippen LogP contribution in [0.5, 0.6) is 17.2 Å². The zero-order chi connectivity index (χ0) is 27.4. The highest BCUT2D eigenvalue weighted by Crippen LogP contribution is 2.34. The van der Waals surface area contributed by atoms with Crippen molar-refractivity contribution in [1.82, 2.24) is 14.5 Å². The van der Waals surface area contributed by atoms with Gasteiger partial charge in [-0.3, -0.25) is 4.79 Å². The van der Waals surface area contributed by atoms with Crippen molar-refractivity contribution in [2.24, 2.45) is 0 Å². The number of aromatic nitrogens is 2. The zero-order valence-corrected chi connectivity index (χ0v) is 22.2. The lowest BCUT2D eigenvalue weighted by molar-refractivity contribution is 0.0981. The highest BCUT2D eigenvalue weighted by atomic mass is 32.2. The largest absolute Gasteiger partial charge is 0.497 e. The Morgan fingerprint density at radius 1 is 0.974 bits per heavy atom. The van der Waals surface area contributed by atoms with Crippen LogP contribution in [0.25, 0.3) is 16.9 Å². The van der Waals surface area contributed by atoms with E-state index in [4.69, 9.17) is 18.9 Å². The summed E-state index contributed by atoms with van der Waals surface area (Å²) in [5, 5.41) is 4.44. The first-order chi connectivity index (χ1) is 18.9. The van der Waals surface area contributed by atoms with Crippen LogP contribution >= 0.6 is 0 Å². The van der Waals surface area contributed by atoms with Gasteiger partial charge in [-0.25, -0.2) is 17.8 Å². The lowest BCUT2D eigenvalue weighted by atomic mass is 10.1. The Hall–Kier alpha value is -4.35. The molecule has 1 saturated heterocycles. The van der Waals surface area contributed by atoms with Crippen LogP contribution in [0.2, 0.25) is 0 Å². The van der Waals surface area contributed by atoms with Crippen molar-refractivity contribution in [3.05, 3.63) is 84.6 Å². The Morgan fingerprint density at radius 3 is 2.41 bits per heavy atom. The molecule has 4 aromatic rings. The van der Waals surface area contributed by atoms with Gasteiger partial charge in [-0.15, -0.1) is 0 Å². The summed E-state index contributed by atoms with van der Waals surface area (Å²) in [6, 6.07) is 19.8. The predicted octanol–water partition coefficient (Wildman–Crippen LogP) is 3.84. The zero-order valence-electron chi connectivity index (χ0n) is 21.4. The lowest BCUT2D eigenvalue weighted by Gasteiger charge is -2.16. The lowest BCUT2D eigenvalue weighted by Crippen LogP contribution is -2.30. The molecular weight excluding hydrogens is 522 g/mol. The number of carbonyl (C=O) groups is 1. The molecule has 10 nitrogen and oxygen atoms in total. The first-order valence-corrected chi connectivity index (χ1v) is 13.6. The van der Waals surface area contributed by atoms with Gasteiger partial charge in [0.25, 0.3) is 15.9 Å². The van der Waals surface area contributed by atoms with Gasteiger partial charge in [-0.1, -0.05) is 0 Å². The first kappa shape index (κ1) is 26.3. The van der Waals surface area contributed by atoms with Gasteiger partial charge in [0, 0.05) is 17.5 Å². The average Bonchev–Trinajstić information content (AvgIpc) is 3.65. The minimum atomic E-state index is -4.05. The van der Waals surface area contributed by atoms with E-state index in [1.54, 1.807) is 42.3 Å². The molecule has 202 valence electrons. The van der Waals surface area contributed by atoms with E-state index < -0.39 is 15.9 Å². The van der Waals surface area contributed by atoms with Gasteiger partial charge < -0.3 is 18.9 Å². The first-order valence-electron chi connectivity index (χ1n) is 12.2. The molecule has 1 aliphatic rings. The summed E-state index contributed by atoms with van der Waals surface area (Å²) in [5.41, 5.74) is 2.52. The molecule has 11 heteroatoms. The fourth-order valence-corrected chi connectivity index (χ4v) is 5.16. The average molecular weight is 550 g/mol. The molecule has 1 aliphatic heterocycles. The second-order valence-corrected chi connectivity index (χ2v) is 10.4. The summed E-state index contributed by atoms with van der Waals surface area (Å²) < 4.78 is 51.2. The van der Waals surface area contributed by atoms with Gasteiger partial charge >= 0.3 is 0 Å². The van der Waals surface area contributed by atoms with Crippen molar-refractivity contribution in [1.29, 1.82) is 0 Å².